The fraction of sp³-hybridized carbons (Fsp3) is 0.533. The molecule has 1 heterocycles. The number of nitrogens with zero attached hydrogens (tertiary/aromatic N) is 1. The Morgan fingerprint density at radius 3 is 2.76 bits per heavy atom. The lowest BCUT2D eigenvalue weighted by Gasteiger charge is -2.34. The zero-order valence-corrected chi connectivity index (χ0v) is 12.3. The number of benzene rings is 1. The van der Waals surface area contributed by atoms with Crippen molar-refractivity contribution in [2.45, 2.75) is 18.9 Å². The first-order valence-corrected chi connectivity index (χ1v) is 7.24. The van der Waals surface area contributed by atoms with Crippen molar-refractivity contribution in [3.05, 3.63) is 23.8 Å². The molecule has 1 amide bonds. The third-order valence-corrected chi connectivity index (χ3v) is 3.74. The van der Waals surface area contributed by atoms with Gasteiger partial charge in [-0.15, -0.1) is 0 Å². The monoisotopic (exact) mass is 293 g/mol. The Hall–Kier alpha value is -1.79. The largest absolute Gasteiger partial charge is 0.397 e. The number of hydrogen-bond donors (Lipinski definition) is 3. The van der Waals surface area contributed by atoms with Crippen molar-refractivity contribution in [1.29, 1.82) is 0 Å². The number of nitrogens with two attached hydrogens (primary N) is 1. The average molecular weight is 293 g/mol. The molecule has 1 fully saturated rings. The molecule has 2 rings (SSSR count). The minimum atomic E-state index is -0.135. The lowest BCUT2D eigenvalue weighted by Crippen LogP contribution is -2.37. The van der Waals surface area contributed by atoms with Gasteiger partial charge in [-0.25, -0.2) is 0 Å². The van der Waals surface area contributed by atoms with E-state index in [0.717, 1.165) is 31.6 Å². The normalized spacial score (nSPS) is 16.0. The topological polar surface area (TPSA) is 87.8 Å². The summed E-state index contributed by atoms with van der Waals surface area (Å²) in [5.41, 5.74) is 8.22. The van der Waals surface area contributed by atoms with Gasteiger partial charge in [0.25, 0.3) is 5.91 Å². The molecule has 0 spiro atoms. The van der Waals surface area contributed by atoms with Crippen LogP contribution in [0.25, 0.3) is 0 Å². The number of ether oxygens (including phenoxy) is 1. The number of anilines is 2. The van der Waals surface area contributed by atoms with E-state index in [0.29, 0.717) is 17.9 Å². The van der Waals surface area contributed by atoms with Gasteiger partial charge in [0.05, 0.1) is 30.7 Å². The Bertz CT molecular complexity index is 485. The molecule has 0 unspecified atom stereocenters. The lowest BCUT2D eigenvalue weighted by atomic mass is 10.1. The minimum Gasteiger partial charge on any atom is -0.397 e. The molecule has 0 radical (unpaired) electrons. The van der Waals surface area contributed by atoms with Crippen molar-refractivity contribution in [1.82, 2.24) is 5.32 Å². The number of carbonyl (C=O) groups is 1. The summed E-state index contributed by atoms with van der Waals surface area (Å²) in [5, 5.41) is 11.4. The van der Waals surface area contributed by atoms with E-state index >= 15 is 0 Å². The zero-order valence-electron chi connectivity index (χ0n) is 12.3. The maximum atomic E-state index is 11.6. The molecule has 6 heteroatoms. The summed E-state index contributed by atoms with van der Waals surface area (Å²) in [5.74, 6) is -0.135. The molecule has 21 heavy (non-hydrogen) atoms. The molecule has 0 aliphatic carbocycles. The SMILES string of the molecule is CNC(=O)c1ccc(N2CCC(OCCO)CC2)c(N)c1. The van der Waals surface area contributed by atoms with Crippen LogP contribution in [0.5, 0.6) is 0 Å². The molecule has 6 nitrogen and oxygen atoms in total. The van der Waals surface area contributed by atoms with Gasteiger partial charge in [-0.2, -0.15) is 0 Å². The van der Waals surface area contributed by atoms with Crippen LogP contribution in [0.3, 0.4) is 0 Å². The highest BCUT2D eigenvalue weighted by molar-refractivity contribution is 5.96. The zero-order chi connectivity index (χ0) is 15.2. The molecule has 1 aromatic rings. The Balaban J connectivity index is 1.99. The highest BCUT2D eigenvalue weighted by Gasteiger charge is 2.21. The Morgan fingerprint density at radius 2 is 2.19 bits per heavy atom. The number of hydrogen-bond acceptors (Lipinski definition) is 5. The molecule has 4 N–H and O–H groups in total. The van der Waals surface area contributed by atoms with Gasteiger partial charge in [-0.05, 0) is 31.0 Å². The van der Waals surface area contributed by atoms with Gasteiger partial charge in [0.2, 0.25) is 0 Å². The van der Waals surface area contributed by atoms with E-state index in [-0.39, 0.29) is 18.6 Å². The summed E-state index contributed by atoms with van der Waals surface area (Å²) in [6.07, 6.45) is 2.03. The van der Waals surface area contributed by atoms with Gasteiger partial charge in [0, 0.05) is 25.7 Å². The second kappa shape index (κ2) is 7.28. The summed E-state index contributed by atoms with van der Waals surface area (Å²) in [6, 6.07) is 5.40. The molecule has 0 atom stereocenters. The quantitative estimate of drug-likeness (QED) is 0.692. The van der Waals surface area contributed by atoms with Crippen LogP contribution in [0.15, 0.2) is 18.2 Å². The van der Waals surface area contributed by atoms with E-state index < -0.39 is 0 Å². The van der Waals surface area contributed by atoms with Crippen LogP contribution in [-0.4, -0.2) is 50.5 Å². The van der Waals surface area contributed by atoms with Crippen molar-refractivity contribution in [3.8, 4) is 0 Å². The molecule has 1 aromatic carbocycles. The summed E-state index contributed by atoms with van der Waals surface area (Å²) < 4.78 is 5.55. The number of piperidine rings is 1. The van der Waals surface area contributed by atoms with Crippen molar-refractivity contribution < 1.29 is 14.6 Å². The number of rotatable bonds is 5. The van der Waals surface area contributed by atoms with Crippen molar-refractivity contribution in [2.75, 3.05) is 44.0 Å². The molecule has 1 saturated heterocycles. The fourth-order valence-corrected chi connectivity index (χ4v) is 2.61. The second-order valence-corrected chi connectivity index (χ2v) is 5.13. The van der Waals surface area contributed by atoms with E-state index in [4.69, 9.17) is 15.6 Å². The highest BCUT2D eigenvalue weighted by Crippen LogP contribution is 2.28. The fourth-order valence-electron chi connectivity index (χ4n) is 2.61. The number of nitrogen functional groups attached to an aromatic ring is 1. The first kappa shape index (κ1) is 15.6. The Labute approximate surface area is 124 Å². The molecular weight excluding hydrogens is 270 g/mol. The van der Waals surface area contributed by atoms with E-state index in [1.54, 1.807) is 19.2 Å². The maximum Gasteiger partial charge on any atom is 0.251 e. The van der Waals surface area contributed by atoms with E-state index in [1.807, 2.05) is 6.07 Å². The van der Waals surface area contributed by atoms with Crippen LogP contribution in [0.2, 0.25) is 0 Å². The van der Waals surface area contributed by atoms with Crippen LogP contribution in [-0.2, 0) is 4.74 Å². The van der Waals surface area contributed by atoms with Crippen LogP contribution in [0.1, 0.15) is 23.2 Å². The van der Waals surface area contributed by atoms with Gasteiger partial charge >= 0.3 is 0 Å². The van der Waals surface area contributed by atoms with Crippen LogP contribution < -0.4 is 16.0 Å². The van der Waals surface area contributed by atoms with Gasteiger partial charge in [0.15, 0.2) is 0 Å². The minimum absolute atomic E-state index is 0.0636. The number of aliphatic hydroxyl groups is 1. The van der Waals surface area contributed by atoms with Gasteiger partial charge < -0.3 is 25.8 Å². The third kappa shape index (κ3) is 3.86. The van der Waals surface area contributed by atoms with Crippen LogP contribution in [0, 0.1) is 0 Å². The predicted octanol–water partition coefficient (Wildman–Crippen LogP) is 0.606. The average Bonchev–Trinajstić information content (AvgIpc) is 2.52. The maximum absolute atomic E-state index is 11.6. The second-order valence-electron chi connectivity index (χ2n) is 5.13. The molecule has 1 aliphatic heterocycles. The van der Waals surface area contributed by atoms with E-state index in [1.165, 1.54) is 0 Å². The molecule has 1 aliphatic rings. The summed E-state index contributed by atoms with van der Waals surface area (Å²) in [4.78, 5) is 13.8. The molecule has 0 saturated carbocycles. The van der Waals surface area contributed by atoms with Crippen LogP contribution in [0.4, 0.5) is 11.4 Å². The molecular formula is C15H23N3O3. The van der Waals surface area contributed by atoms with Gasteiger partial charge in [-0.3, -0.25) is 4.79 Å². The Kier molecular flexibility index (Phi) is 5.41. The summed E-state index contributed by atoms with van der Waals surface area (Å²) >= 11 is 0. The first-order chi connectivity index (χ1) is 10.2. The Morgan fingerprint density at radius 1 is 1.48 bits per heavy atom. The highest BCUT2D eigenvalue weighted by atomic mass is 16.5. The summed E-state index contributed by atoms with van der Waals surface area (Å²) in [7, 11) is 1.60. The number of nitrogens with one attached hydrogen (secondary N) is 1. The van der Waals surface area contributed by atoms with Gasteiger partial charge in [-0.1, -0.05) is 0 Å². The lowest BCUT2D eigenvalue weighted by molar-refractivity contribution is 0.0159. The van der Waals surface area contributed by atoms with Crippen LogP contribution >= 0.6 is 0 Å². The standard InChI is InChI=1S/C15H23N3O3/c1-17-15(20)11-2-3-14(13(16)10-11)18-6-4-12(5-7-18)21-9-8-19/h2-3,10,12,19H,4-9,16H2,1H3,(H,17,20). The van der Waals surface area contributed by atoms with Crippen molar-refractivity contribution in [2.24, 2.45) is 0 Å². The van der Waals surface area contributed by atoms with Gasteiger partial charge in [0.1, 0.15) is 0 Å². The number of carbonyl (C=O) groups excluding carboxylic acids is 1. The predicted molar refractivity (Wildman–Crippen MR) is 82.5 cm³/mol. The van der Waals surface area contributed by atoms with Crippen molar-refractivity contribution >= 4 is 17.3 Å². The third-order valence-electron chi connectivity index (χ3n) is 3.74. The number of amides is 1. The number of aliphatic hydroxyl groups excluding tert-OH is 1. The van der Waals surface area contributed by atoms with E-state index in [9.17, 15) is 4.79 Å². The summed E-state index contributed by atoms with van der Waals surface area (Å²) in [6.45, 7) is 2.18. The van der Waals surface area contributed by atoms with Crippen molar-refractivity contribution in [3.63, 3.8) is 0 Å². The smallest absolute Gasteiger partial charge is 0.251 e. The molecule has 0 bridgehead atoms. The first-order valence-electron chi connectivity index (χ1n) is 7.24. The molecule has 0 aromatic heterocycles. The molecule has 116 valence electrons. The van der Waals surface area contributed by atoms with E-state index in [2.05, 4.69) is 10.2 Å².